The number of para-hydroxylation sites is 1. The average molecular weight is 266 g/mol. The molecule has 2 rings (SSSR count). The molecule has 1 aromatic rings. The van der Waals surface area contributed by atoms with Crippen molar-refractivity contribution in [3.8, 4) is 17.2 Å². The van der Waals surface area contributed by atoms with E-state index in [9.17, 15) is 9.90 Å². The Labute approximate surface area is 112 Å². The van der Waals surface area contributed by atoms with Gasteiger partial charge in [-0.2, -0.15) is 0 Å². The molecular weight excluding hydrogens is 248 g/mol. The zero-order valence-electron chi connectivity index (χ0n) is 11.1. The van der Waals surface area contributed by atoms with E-state index in [0.29, 0.717) is 30.1 Å². The quantitative estimate of drug-likeness (QED) is 0.887. The molecular formula is C14H18O5. The lowest BCUT2D eigenvalue weighted by Crippen LogP contribution is -2.41. The van der Waals surface area contributed by atoms with Gasteiger partial charge in [0.1, 0.15) is 0 Å². The molecule has 1 saturated carbocycles. The Morgan fingerprint density at radius 1 is 1.16 bits per heavy atom. The van der Waals surface area contributed by atoms with Crippen LogP contribution in [0, 0.1) is 0 Å². The first-order valence-corrected chi connectivity index (χ1v) is 6.26. The number of methoxy groups -OCH3 is 2. The minimum atomic E-state index is -1.16. The third-order valence-corrected chi connectivity index (χ3v) is 3.48. The number of aliphatic carboxylic acids is 1. The molecule has 5 heteroatoms. The maximum Gasteiger partial charge on any atom is 0.348 e. The van der Waals surface area contributed by atoms with Crippen molar-refractivity contribution in [1.29, 1.82) is 0 Å². The molecule has 0 atom stereocenters. The Balaban J connectivity index is 2.38. The molecule has 1 aliphatic carbocycles. The second kappa shape index (κ2) is 5.38. The summed E-state index contributed by atoms with van der Waals surface area (Å²) in [4.78, 5) is 11.5. The lowest BCUT2D eigenvalue weighted by Gasteiger charge is -2.27. The first-order chi connectivity index (χ1) is 9.13. The Bertz CT molecular complexity index is 441. The van der Waals surface area contributed by atoms with Crippen LogP contribution in [-0.4, -0.2) is 30.9 Å². The highest BCUT2D eigenvalue weighted by molar-refractivity contribution is 5.78. The Morgan fingerprint density at radius 3 is 2.11 bits per heavy atom. The summed E-state index contributed by atoms with van der Waals surface area (Å²) >= 11 is 0. The molecule has 1 N–H and O–H groups in total. The second-order valence-electron chi connectivity index (χ2n) is 4.60. The van der Waals surface area contributed by atoms with Crippen LogP contribution < -0.4 is 14.2 Å². The molecule has 0 heterocycles. The number of carbonyl (C=O) groups is 1. The summed E-state index contributed by atoms with van der Waals surface area (Å²) < 4.78 is 16.3. The molecule has 1 aliphatic rings. The van der Waals surface area contributed by atoms with E-state index in [1.54, 1.807) is 18.2 Å². The number of carboxylic acids is 1. The molecule has 0 unspecified atom stereocenters. The van der Waals surface area contributed by atoms with Crippen LogP contribution in [0.25, 0.3) is 0 Å². The summed E-state index contributed by atoms with van der Waals surface area (Å²) in [6.07, 6.45) is 2.71. The summed E-state index contributed by atoms with van der Waals surface area (Å²) in [5.74, 6) is 0.383. The van der Waals surface area contributed by atoms with Crippen molar-refractivity contribution in [3.05, 3.63) is 18.2 Å². The summed E-state index contributed by atoms with van der Waals surface area (Å²) in [7, 11) is 3.04. The number of hydrogen-bond acceptors (Lipinski definition) is 4. The molecule has 0 aliphatic heterocycles. The molecule has 0 saturated heterocycles. The van der Waals surface area contributed by atoms with Crippen molar-refractivity contribution in [3.63, 3.8) is 0 Å². The van der Waals surface area contributed by atoms with Crippen LogP contribution in [-0.2, 0) is 4.79 Å². The zero-order valence-corrected chi connectivity index (χ0v) is 11.1. The van der Waals surface area contributed by atoms with E-state index in [-0.39, 0.29) is 0 Å². The van der Waals surface area contributed by atoms with Crippen LogP contribution >= 0.6 is 0 Å². The summed E-state index contributed by atoms with van der Waals surface area (Å²) in [5, 5.41) is 9.45. The molecule has 5 nitrogen and oxygen atoms in total. The van der Waals surface area contributed by atoms with Gasteiger partial charge in [-0.25, -0.2) is 4.79 Å². The van der Waals surface area contributed by atoms with E-state index < -0.39 is 11.6 Å². The summed E-state index contributed by atoms with van der Waals surface area (Å²) in [6, 6.07) is 5.22. The predicted molar refractivity (Wildman–Crippen MR) is 69.0 cm³/mol. The molecule has 0 radical (unpaired) electrons. The predicted octanol–water partition coefficient (Wildman–Crippen LogP) is 2.48. The van der Waals surface area contributed by atoms with E-state index >= 15 is 0 Å². The molecule has 0 spiro atoms. The number of hydrogen-bond donors (Lipinski definition) is 1. The van der Waals surface area contributed by atoms with Crippen molar-refractivity contribution in [2.45, 2.75) is 31.3 Å². The summed E-state index contributed by atoms with van der Waals surface area (Å²) in [6.45, 7) is 0. The van der Waals surface area contributed by atoms with Gasteiger partial charge in [-0.15, -0.1) is 0 Å². The Hall–Kier alpha value is -1.91. The SMILES string of the molecule is COc1cccc(OC)c1OC1(C(=O)O)CCCC1. The van der Waals surface area contributed by atoms with E-state index in [0.717, 1.165) is 12.8 Å². The first-order valence-electron chi connectivity index (χ1n) is 6.26. The van der Waals surface area contributed by atoms with Crippen molar-refractivity contribution in [1.82, 2.24) is 0 Å². The van der Waals surface area contributed by atoms with Gasteiger partial charge < -0.3 is 19.3 Å². The minimum Gasteiger partial charge on any atom is -0.493 e. The van der Waals surface area contributed by atoms with E-state index in [1.807, 2.05) is 0 Å². The number of rotatable bonds is 5. The molecule has 104 valence electrons. The van der Waals surface area contributed by atoms with Gasteiger partial charge in [-0.1, -0.05) is 6.07 Å². The van der Waals surface area contributed by atoms with Crippen LogP contribution in [0.4, 0.5) is 0 Å². The molecule has 0 bridgehead atoms. The molecule has 1 aromatic carbocycles. The normalized spacial score (nSPS) is 16.9. The zero-order chi connectivity index (χ0) is 13.9. The topological polar surface area (TPSA) is 65.0 Å². The maximum absolute atomic E-state index is 11.5. The van der Waals surface area contributed by atoms with Crippen molar-refractivity contribution in [2.75, 3.05) is 14.2 Å². The van der Waals surface area contributed by atoms with Crippen molar-refractivity contribution >= 4 is 5.97 Å². The number of carboxylic acid groups (broad SMARTS) is 1. The Kier molecular flexibility index (Phi) is 3.83. The van der Waals surface area contributed by atoms with E-state index in [4.69, 9.17) is 14.2 Å². The highest BCUT2D eigenvalue weighted by Gasteiger charge is 2.45. The van der Waals surface area contributed by atoms with E-state index in [2.05, 4.69) is 0 Å². The smallest absolute Gasteiger partial charge is 0.348 e. The number of benzene rings is 1. The third-order valence-electron chi connectivity index (χ3n) is 3.48. The van der Waals surface area contributed by atoms with Crippen LogP contribution in [0.3, 0.4) is 0 Å². The van der Waals surface area contributed by atoms with Crippen molar-refractivity contribution < 1.29 is 24.1 Å². The van der Waals surface area contributed by atoms with Gasteiger partial charge in [0.2, 0.25) is 11.4 Å². The van der Waals surface area contributed by atoms with E-state index in [1.165, 1.54) is 14.2 Å². The fraction of sp³-hybridized carbons (Fsp3) is 0.500. The molecule has 0 aromatic heterocycles. The Morgan fingerprint density at radius 2 is 1.68 bits per heavy atom. The van der Waals surface area contributed by atoms with Gasteiger partial charge in [0.15, 0.2) is 11.5 Å². The van der Waals surface area contributed by atoms with Gasteiger partial charge in [0.25, 0.3) is 0 Å². The number of ether oxygens (including phenoxy) is 3. The first kappa shape index (κ1) is 13.5. The minimum absolute atomic E-state index is 0.358. The molecule has 0 amide bonds. The van der Waals surface area contributed by atoms with Gasteiger partial charge in [-0.3, -0.25) is 0 Å². The van der Waals surface area contributed by atoms with Crippen LogP contribution in [0.5, 0.6) is 17.2 Å². The molecule has 1 fully saturated rings. The largest absolute Gasteiger partial charge is 0.493 e. The highest BCUT2D eigenvalue weighted by atomic mass is 16.6. The fourth-order valence-corrected chi connectivity index (χ4v) is 2.42. The van der Waals surface area contributed by atoms with Gasteiger partial charge >= 0.3 is 5.97 Å². The lowest BCUT2D eigenvalue weighted by atomic mass is 10.0. The molecule has 19 heavy (non-hydrogen) atoms. The van der Waals surface area contributed by atoms with Crippen LogP contribution in [0.1, 0.15) is 25.7 Å². The maximum atomic E-state index is 11.5. The van der Waals surface area contributed by atoms with Gasteiger partial charge in [0, 0.05) is 0 Å². The fourth-order valence-electron chi connectivity index (χ4n) is 2.42. The summed E-state index contributed by atoms with van der Waals surface area (Å²) in [5.41, 5.74) is -1.16. The third kappa shape index (κ3) is 2.45. The average Bonchev–Trinajstić information content (AvgIpc) is 2.89. The van der Waals surface area contributed by atoms with Crippen LogP contribution in [0.2, 0.25) is 0 Å². The lowest BCUT2D eigenvalue weighted by molar-refractivity contribution is -0.154. The van der Waals surface area contributed by atoms with Crippen molar-refractivity contribution in [2.24, 2.45) is 0 Å². The van der Waals surface area contributed by atoms with Crippen LogP contribution in [0.15, 0.2) is 18.2 Å². The van der Waals surface area contributed by atoms with Gasteiger partial charge in [0.05, 0.1) is 14.2 Å². The van der Waals surface area contributed by atoms with Gasteiger partial charge in [-0.05, 0) is 37.8 Å². The monoisotopic (exact) mass is 266 g/mol. The standard InChI is InChI=1S/C14H18O5/c1-17-10-6-5-7-11(18-2)12(10)19-14(13(15)16)8-3-4-9-14/h5-7H,3-4,8-9H2,1-2H3,(H,15,16). The second-order valence-corrected chi connectivity index (χ2v) is 4.60. The highest BCUT2D eigenvalue weighted by Crippen LogP contribution is 2.43.